The van der Waals surface area contributed by atoms with Gasteiger partial charge in [-0.3, -0.25) is 4.90 Å². The van der Waals surface area contributed by atoms with Crippen LogP contribution in [0.1, 0.15) is 24.8 Å². The largest absolute Gasteiger partial charge is 0.497 e. The predicted octanol–water partition coefficient (Wildman–Crippen LogP) is 1.75. The van der Waals surface area contributed by atoms with Gasteiger partial charge in [0.05, 0.1) is 7.11 Å². The summed E-state index contributed by atoms with van der Waals surface area (Å²) in [6.45, 7) is 1.80. The lowest BCUT2D eigenvalue weighted by Crippen LogP contribution is -2.31. The van der Waals surface area contributed by atoms with Gasteiger partial charge in [0.1, 0.15) is 11.4 Å². The Bertz CT molecular complexity index is 399. The number of β-amino-alcohol motifs (C(OH)–C–C–N with tert-alkyl or cyclic N) is 1. The Morgan fingerprint density at radius 1 is 1.29 bits per heavy atom. The maximum Gasteiger partial charge on any atom is 0.118 e. The first-order valence-corrected chi connectivity index (χ1v) is 6.32. The monoisotopic (exact) mass is 233 g/mol. The molecule has 2 aliphatic rings. The molecule has 17 heavy (non-hydrogen) atoms. The van der Waals surface area contributed by atoms with E-state index in [1.54, 1.807) is 7.11 Å². The Morgan fingerprint density at radius 2 is 2.00 bits per heavy atom. The number of methoxy groups -OCH3 is 1. The van der Waals surface area contributed by atoms with Crippen molar-refractivity contribution < 1.29 is 9.84 Å². The van der Waals surface area contributed by atoms with Crippen LogP contribution in [-0.4, -0.2) is 36.2 Å². The van der Waals surface area contributed by atoms with Gasteiger partial charge < -0.3 is 9.84 Å². The van der Waals surface area contributed by atoms with E-state index in [0.29, 0.717) is 0 Å². The van der Waals surface area contributed by atoms with Gasteiger partial charge in [-0.05, 0) is 37.0 Å². The lowest BCUT2D eigenvalue weighted by Gasteiger charge is -2.24. The highest BCUT2D eigenvalue weighted by Crippen LogP contribution is 2.38. The fourth-order valence-corrected chi connectivity index (χ4v) is 2.71. The lowest BCUT2D eigenvalue weighted by atomic mass is 9.93. The number of benzene rings is 1. The van der Waals surface area contributed by atoms with Crippen molar-refractivity contribution in [3.8, 4) is 5.75 Å². The Hall–Kier alpha value is -1.06. The topological polar surface area (TPSA) is 32.7 Å². The predicted molar refractivity (Wildman–Crippen MR) is 66.1 cm³/mol. The highest BCUT2D eigenvalue weighted by atomic mass is 16.5. The van der Waals surface area contributed by atoms with Crippen LogP contribution in [0.2, 0.25) is 0 Å². The molecule has 1 saturated carbocycles. The highest BCUT2D eigenvalue weighted by Gasteiger charge is 2.42. The van der Waals surface area contributed by atoms with Crippen LogP contribution in [0.3, 0.4) is 0 Å². The molecule has 1 atom stereocenters. The third kappa shape index (κ3) is 2.05. The van der Waals surface area contributed by atoms with E-state index >= 15 is 0 Å². The van der Waals surface area contributed by atoms with Crippen molar-refractivity contribution >= 4 is 0 Å². The van der Waals surface area contributed by atoms with Crippen LogP contribution in [0.25, 0.3) is 0 Å². The van der Waals surface area contributed by atoms with Crippen molar-refractivity contribution in [1.82, 2.24) is 4.90 Å². The highest BCUT2D eigenvalue weighted by molar-refractivity contribution is 5.32. The van der Waals surface area contributed by atoms with Crippen LogP contribution >= 0.6 is 0 Å². The maximum absolute atomic E-state index is 10.7. The van der Waals surface area contributed by atoms with E-state index in [1.165, 1.54) is 12.8 Å². The van der Waals surface area contributed by atoms with E-state index < -0.39 is 5.60 Å². The Labute approximate surface area is 102 Å². The van der Waals surface area contributed by atoms with E-state index in [2.05, 4.69) is 4.90 Å². The molecule has 3 nitrogen and oxygen atoms in total. The zero-order chi connectivity index (χ0) is 11.9. The molecule has 1 aliphatic carbocycles. The molecule has 1 aromatic carbocycles. The summed E-state index contributed by atoms with van der Waals surface area (Å²) in [7, 11) is 1.66. The van der Waals surface area contributed by atoms with Crippen molar-refractivity contribution in [3.63, 3.8) is 0 Å². The molecule has 1 aromatic rings. The average molecular weight is 233 g/mol. The summed E-state index contributed by atoms with van der Waals surface area (Å²) in [5.74, 6) is 0.842. The summed E-state index contributed by atoms with van der Waals surface area (Å²) in [4.78, 5) is 2.42. The molecular formula is C14H19NO2. The van der Waals surface area contributed by atoms with Gasteiger partial charge in [-0.1, -0.05) is 12.1 Å². The number of likely N-dealkylation sites (tertiary alicyclic amines) is 1. The molecule has 0 amide bonds. The van der Waals surface area contributed by atoms with Crippen LogP contribution in [0.15, 0.2) is 24.3 Å². The molecule has 0 radical (unpaired) electrons. The summed E-state index contributed by atoms with van der Waals surface area (Å²) in [6.07, 6.45) is 3.45. The molecule has 3 rings (SSSR count). The number of hydrogen-bond donors (Lipinski definition) is 1. The third-order valence-corrected chi connectivity index (χ3v) is 3.97. The minimum Gasteiger partial charge on any atom is -0.497 e. The summed E-state index contributed by atoms with van der Waals surface area (Å²) in [5.41, 5.74) is 0.357. The number of rotatable bonds is 3. The van der Waals surface area contributed by atoms with Gasteiger partial charge in [0, 0.05) is 19.1 Å². The standard InChI is InChI=1S/C14H19NO2/c1-17-13-6-2-11(3-7-13)14(16)8-9-15(10-14)12-4-5-12/h2-3,6-7,12,16H,4-5,8-10H2,1H3. The average Bonchev–Trinajstić information content (AvgIpc) is 3.13. The molecule has 0 aromatic heterocycles. The summed E-state index contributed by atoms with van der Waals surface area (Å²) < 4.78 is 5.14. The molecule has 1 N–H and O–H groups in total. The first-order chi connectivity index (χ1) is 8.21. The van der Waals surface area contributed by atoms with E-state index in [0.717, 1.165) is 36.9 Å². The van der Waals surface area contributed by atoms with Crippen LogP contribution < -0.4 is 4.74 Å². The fraction of sp³-hybridized carbons (Fsp3) is 0.571. The summed E-state index contributed by atoms with van der Waals surface area (Å²) >= 11 is 0. The Kier molecular flexibility index (Phi) is 2.60. The molecule has 92 valence electrons. The van der Waals surface area contributed by atoms with Crippen LogP contribution in [-0.2, 0) is 5.60 Å². The molecular weight excluding hydrogens is 214 g/mol. The third-order valence-electron chi connectivity index (χ3n) is 3.97. The molecule has 1 saturated heterocycles. The second kappa shape index (κ2) is 4.00. The quantitative estimate of drug-likeness (QED) is 0.863. The van der Waals surface area contributed by atoms with Gasteiger partial charge in [0.15, 0.2) is 0 Å². The maximum atomic E-state index is 10.7. The molecule has 1 heterocycles. The fourth-order valence-electron chi connectivity index (χ4n) is 2.71. The van der Waals surface area contributed by atoms with Gasteiger partial charge in [-0.2, -0.15) is 0 Å². The first kappa shape index (κ1) is 11.1. The number of aliphatic hydroxyl groups is 1. The van der Waals surface area contributed by atoms with Gasteiger partial charge in [-0.25, -0.2) is 0 Å². The Balaban J connectivity index is 1.77. The molecule has 0 spiro atoms. The SMILES string of the molecule is COc1ccc(C2(O)CCN(C3CC3)C2)cc1. The van der Waals surface area contributed by atoms with E-state index in [4.69, 9.17) is 4.74 Å². The minimum absolute atomic E-state index is 0.658. The van der Waals surface area contributed by atoms with Crippen LogP contribution in [0.4, 0.5) is 0 Å². The molecule has 2 fully saturated rings. The first-order valence-electron chi connectivity index (χ1n) is 6.32. The zero-order valence-electron chi connectivity index (χ0n) is 10.2. The molecule has 1 unspecified atom stereocenters. The Morgan fingerprint density at radius 3 is 2.59 bits per heavy atom. The number of nitrogens with zero attached hydrogens (tertiary/aromatic N) is 1. The lowest BCUT2D eigenvalue weighted by molar-refractivity contribution is 0.0451. The number of ether oxygens (including phenoxy) is 1. The van der Waals surface area contributed by atoms with Crippen molar-refractivity contribution in [1.29, 1.82) is 0 Å². The van der Waals surface area contributed by atoms with Crippen LogP contribution in [0, 0.1) is 0 Å². The second-order valence-corrected chi connectivity index (χ2v) is 5.21. The van der Waals surface area contributed by atoms with E-state index in [9.17, 15) is 5.11 Å². The van der Waals surface area contributed by atoms with Gasteiger partial charge in [0.25, 0.3) is 0 Å². The van der Waals surface area contributed by atoms with Crippen molar-refractivity contribution in [2.75, 3.05) is 20.2 Å². The zero-order valence-corrected chi connectivity index (χ0v) is 10.2. The van der Waals surface area contributed by atoms with Crippen molar-refractivity contribution in [3.05, 3.63) is 29.8 Å². The van der Waals surface area contributed by atoms with Crippen LogP contribution in [0.5, 0.6) is 5.75 Å². The van der Waals surface area contributed by atoms with Gasteiger partial charge in [0.2, 0.25) is 0 Å². The van der Waals surface area contributed by atoms with Gasteiger partial charge >= 0.3 is 0 Å². The normalized spacial score (nSPS) is 29.5. The van der Waals surface area contributed by atoms with Gasteiger partial charge in [-0.15, -0.1) is 0 Å². The molecule has 0 bridgehead atoms. The van der Waals surface area contributed by atoms with E-state index in [1.807, 2.05) is 24.3 Å². The van der Waals surface area contributed by atoms with Crippen molar-refractivity contribution in [2.24, 2.45) is 0 Å². The van der Waals surface area contributed by atoms with Crippen molar-refractivity contribution in [2.45, 2.75) is 30.9 Å². The molecule has 3 heteroatoms. The summed E-state index contributed by atoms with van der Waals surface area (Å²) in [6, 6.07) is 8.55. The summed E-state index contributed by atoms with van der Waals surface area (Å²) in [5, 5.41) is 10.7. The smallest absolute Gasteiger partial charge is 0.118 e. The van der Waals surface area contributed by atoms with E-state index in [-0.39, 0.29) is 0 Å². The molecule has 1 aliphatic heterocycles. The minimum atomic E-state index is -0.658. The second-order valence-electron chi connectivity index (χ2n) is 5.21. The number of hydrogen-bond acceptors (Lipinski definition) is 3.